The zero-order valence-corrected chi connectivity index (χ0v) is 14.2. The monoisotopic (exact) mass is 300 g/mol. The summed E-state index contributed by atoms with van der Waals surface area (Å²) < 4.78 is 0. The van der Waals surface area contributed by atoms with E-state index in [1.54, 1.807) is 0 Å². The molecule has 120 valence electrons. The molecule has 1 aliphatic rings. The van der Waals surface area contributed by atoms with Crippen LogP contribution in [0.5, 0.6) is 0 Å². The highest BCUT2D eigenvalue weighted by Crippen LogP contribution is 2.28. The van der Waals surface area contributed by atoms with Gasteiger partial charge in [-0.25, -0.2) is 0 Å². The lowest BCUT2D eigenvalue weighted by molar-refractivity contribution is 0.215. The molecule has 3 heteroatoms. The Kier molecular flexibility index (Phi) is 6.02. The second-order valence-electron chi connectivity index (χ2n) is 6.79. The summed E-state index contributed by atoms with van der Waals surface area (Å²) in [5.74, 6) is 7.08. The molecule has 22 heavy (non-hydrogen) atoms. The normalized spacial score (nSPS) is 22.1. The predicted octanol–water partition coefficient (Wildman–Crippen LogP) is 2.05. The van der Waals surface area contributed by atoms with Crippen LogP contribution in [0.15, 0.2) is 24.3 Å². The molecule has 1 aliphatic heterocycles. The van der Waals surface area contributed by atoms with Crippen LogP contribution in [0.2, 0.25) is 0 Å². The van der Waals surface area contributed by atoms with Gasteiger partial charge in [-0.3, -0.25) is 4.90 Å². The molecular weight excluding hydrogens is 272 g/mol. The van der Waals surface area contributed by atoms with Crippen molar-refractivity contribution in [2.45, 2.75) is 26.4 Å². The number of likely N-dealkylation sites (tertiary alicyclic amines) is 1. The van der Waals surface area contributed by atoms with Gasteiger partial charge < -0.3 is 10.0 Å². The van der Waals surface area contributed by atoms with Gasteiger partial charge in [0, 0.05) is 31.2 Å². The fraction of sp³-hybridized carbons (Fsp3) is 0.579. The standard InChI is InChI=1S/C19H28N2O/c1-15(2)18-13-21(14-19(18)20(3)4)12-17-9-7-16(8-10-17)6-5-11-22/h7-10,15,18-19,22H,11-14H2,1-4H3. The van der Waals surface area contributed by atoms with Crippen molar-refractivity contribution in [1.82, 2.24) is 9.80 Å². The lowest BCUT2D eigenvalue weighted by Gasteiger charge is -2.27. The molecule has 1 heterocycles. The van der Waals surface area contributed by atoms with Crippen LogP contribution in [-0.4, -0.2) is 54.7 Å². The summed E-state index contributed by atoms with van der Waals surface area (Å²) in [4.78, 5) is 4.93. The maximum absolute atomic E-state index is 8.73. The summed E-state index contributed by atoms with van der Waals surface area (Å²) in [6, 6.07) is 9.02. The van der Waals surface area contributed by atoms with Crippen LogP contribution < -0.4 is 0 Å². The predicted molar refractivity (Wildman–Crippen MR) is 91.5 cm³/mol. The van der Waals surface area contributed by atoms with Crippen LogP contribution in [0.25, 0.3) is 0 Å². The van der Waals surface area contributed by atoms with Crippen LogP contribution in [0, 0.1) is 23.7 Å². The van der Waals surface area contributed by atoms with Gasteiger partial charge in [-0.05, 0) is 43.6 Å². The summed E-state index contributed by atoms with van der Waals surface area (Å²) in [5, 5.41) is 8.73. The number of nitrogens with zero attached hydrogens (tertiary/aromatic N) is 2. The molecule has 3 nitrogen and oxygen atoms in total. The van der Waals surface area contributed by atoms with Crippen molar-refractivity contribution in [3.8, 4) is 11.8 Å². The van der Waals surface area contributed by atoms with Crippen molar-refractivity contribution in [2.24, 2.45) is 11.8 Å². The third kappa shape index (κ3) is 4.33. The van der Waals surface area contributed by atoms with Crippen LogP contribution in [0.3, 0.4) is 0 Å². The molecule has 0 bridgehead atoms. The quantitative estimate of drug-likeness (QED) is 0.862. The highest BCUT2D eigenvalue weighted by Gasteiger charge is 2.35. The number of benzene rings is 1. The summed E-state index contributed by atoms with van der Waals surface area (Å²) in [5.41, 5.74) is 2.29. The van der Waals surface area contributed by atoms with Crippen molar-refractivity contribution in [1.29, 1.82) is 0 Å². The Morgan fingerprint density at radius 3 is 2.41 bits per heavy atom. The fourth-order valence-electron chi connectivity index (χ4n) is 3.32. The minimum atomic E-state index is -0.0853. The van der Waals surface area contributed by atoms with Crippen molar-refractivity contribution in [2.75, 3.05) is 33.8 Å². The van der Waals surface area contributed by atoms with E-state index in [9.17, 15) is 0 Å². The number of rotatable bonds is 4. The number of likely N-dealkylation sites (N-methyl/N-ethyl adjacent to an activating group) is 1. The first-order valence-electron chi connectivity index (χ1n) is 8.08. The Morgan fingerprint density at radius 2 is 1.91 bits per heavy atom. The molecular formula is C19H28N2O. The van der Waals surface area contributed by atoms with Crippen LogP contribution in [-0.2, 0) is 6.54 Å². The van der Waals surface area contributed by atoms with Crippen molar-refractivity contribution in [3.63, 3.8) is 0 Å². The van der Waals surface area contributed by atoms with Crippen LogP contribution >= 0.6 is 0 Å². The van der Waals surface area contributed by atoms with Gasteiger partial charge >= 0.3 is 0 Å². The average Bonchev–Trinajstić information content (AvgIpc) is 2.91. The zero-order chi connectivity index (χ0) is 16.1. The fourth-order valence-corrected chi connectivity index (χ4v) is 3.32. The van der Waals surface area contributed by atoms with Crippen molar-refractivity contribution < 1.29 is 5.11 Å². The third-order valence-electron chi connectivity index (χ3n) is 4.60. The second-order valence-corrected chi connectivity index (χ2v) is 6.79. The van der Waals surface area contributed by atoms with E-state index in [0.717, 1.165) is 24.6 Å². The smallest absolute Gasteiger partial charge is 0.104 e. The van der Waals surface area contributed by atoms with Gasteiger partial charge in [-0.1, -0.05) is 37.8 Å². The highest BCUT2D eigenvalue weighted by atomic mass is 16.2. The Hall–Kier alpha value is -1.34. The number of hydrogen-bond acceptors (Lipinski definition) is 3. The first-order valence-corrected chi connectivity index (χ1v) is 8.08. The minimum Gasteiger partial charge on any atom is -0.384 e. The molecule has 1 N–H and O–H groups in total. The maximum atomic E-state index is 8.73. The Bertz CT molecular complexity index is 509. The summed E-state index contributed by atoms with van der Waals surface area (Å²) in [6.07, 6.45) is 0. The summed E-state index contributed by atoms with van der Waals surface area (Å²) in [7, 11) is 4.39. The molecule has 2 rings (SSSR count). The molecule has 0 radical (unpaired) electrons. The lowest BCUT2D eigenvalue weighted by atomic mass is 9.91. The summed E-state index contributed by atoms with van der Waals surface area (Å²) in [6.45, 7) is 7.90. The first kappa shape index (κ1) is 17.0. The Labute approximate surface area is 134 Å². The number of aliphatic hydroxyl groups is 1. The van der Waals surface area contributed by atoms with E-state index in [1.165, 1.54) is 12.1 Å². The molecule has 1 aromatic rings. The number of aliphatic hydroxyl groups excluding tert-OH is 1. The van der Waals surface area contributed by atoms with E-state index in [-0.39, 0.29) is 6.61 Å². The van der Waals surface area contributed by atoms with Crippen molar-refractivity contribution >= 4 is 0 Å². The lowest BCUT2D eigenvalue weighted by Crippen LogP contribution is -2.37. The molecule has 0 spiro atoms. The minimum absolute atomic E-state index is 0.0853. The van der Waals surface area contributed by atoms with Gasteiger partial charge in [0.05, 0.1) is 0 Å². The average molecular weight is 300 g/mol. The largest absolute Gasteiger partial charge is 0.384 e. The third-order valence-corrected chi connectivity index (χ3v) is 4.60. The van der Waals surface area contributed by atoms with Gasteiger partial charge in [0.2, 0.25) is 0 Å². The number of hydrogen-bond donors (Lipinski definition) is 1. The molecule has 0 aliphatic carbocycles. The van der Waals surface area contributed by atoms with E-state index in [1.807, 2.05) is 12.1 Å². The van der Waals surface area contributed by atoms with Gasteiger partial charge in [-0.2, -0.15) is 0 Å². The van der Waals surface area contributed by atoms with Gasteiger partial charge in [-0.15, -0.1) is 0 Å². The van der Waals surface area contributed by atoms with E-state index in [2.05, 4.69) is 61.7 Å². The van der Waals surface area contributed by atoms with Gasteiger partial charge in [0.15, 0.2) is 0 Å². The van der Waals surface area contributed by atoms with E-state index in [4.69, 9.17) is 5.11 Å². The van der Waals surface area contributed by atoms with Gasteiger partial charge in [0.25, 0.3) is 0 Å². The second kappa shape index (κ2) is 7.78. The molecule has 0 aromatic heterocycles. The first-order chi connectivity index (χ1) is 10.5. The Morgan fingerprint density at radius 1 is 1.23 bits per heavy atom. The van der Waals surface area contributed by atoms with Crippen LogP contribution in [0.4, 0.5) is 0 Å². The Balaban J connectivity index is 1.99. The summed E-state index contributed by atoms with van der Waals surface area (Å²) >= 11 is 0. The topological polar surface area (TPSA) is 26.7 Å². The van der Waals surface area contributed by atoms with E-state index in [0.29, 0.717) is 12.0 Å². The van der Waals surface area contributed by atoms with E-state index < -0.39 is 0 Å². The highest BCUT2D eigenvalue weighted by molar-refractivity contribution is 5.36. The molecule has 2 unspecified atom stereocenters. The maximum Gasteiger partial charge on any atom is 0.104 e. The molecule has 1 aromatic carbocycles. The van der Waals surface area contributed by atoms with Crippen molar-refractivity contribution in [3.05, 3.63) is 35.4 Å². The molecule has 0 amide bonds. The molecule has 1 fully saturated rings. The molecule has 0 saturated carbocycles. The SMILES string of the molecule is CC(C)C1CN(Cc2ccc(C#CCO)cc2)CC1N(C)C. The molecule has 2 atom stereocenters. The zero-order valence-electron chi connectivity index (χ0n) is 14.2. The van der Waals surface area contributed by atoms with E-state index >= 15 is 0 Å². The van der Waals surface area contributed by atoms with Gasteiger partial charge in [0.1, 0.15) is 6.61 Å². The van der Waals surface area contributed by atoms with Crippen LogP contribution in [0.1, 0.15) is 25.0 Å². The molecule has 1 saturated heterocycles.